The highest BCUT2D eigenvalue weighted by Gasteiger charge is 2.22. The molecule has 0 spiro atoms. The van der Waals surface area contributed by atoms with Crippen LogP contribution in [0.15, 0.2) is 79.0 Å². The van der Waals surface area contributed by atoms with E-state index in [1.54, 1.807) is 0 Å². The maximum Gasteiger partial charge on any atom is 0.213 e. The van der Waals surface area contributed by atoms with E-state index in [9.17, 15) is 4.57 Å². The van der Waals surface area contributed by atoms with E-state index in [0.29, 0.717) is 18.9 Å². The Morgan fingerprint density at radius 1 is 0.842 bits per heavy atom. The van der Waals surface area contributed by atoms with Crippen LogP contribution >= 0.6 is 7.37 Å². The lowest BCUT2D eigenvalue weighted by Gasteiger charge is -2.16. The van der Waals surface area contributed by atoms with Crippen LogP contribution in [0.5, 0.6) is 0 Å². The first kappa shape index (κ1) is 26.4. The molecule has 0 aliphatic heterocycles. The van der Waals surface area contributed by atoms with Gasteiger partial charge in [-0.15, -0.1) is 0 Å². The van der Waals surface area contributed by atoms with Crippen LogP contribution in [0.4, 0.5) is 0 Å². The number of pyridine rings is 1. The molecule has 2 aromatic heterocycles. The number of aryl methyl sites for hydroxylation is 2. The predicted molar refractivity (Wildman–Crippen MR) is 162 cm³/mol. The first-order valence-electron chi connectivity index (χ1n) is 13.9. The monoisotopic (exact) mass is 525 g/mol. The summed E-state index contributed by atoms with van der Waals surface area (Å²) >= 11 is 0. The standard InChI is InChI=1S/C33H38N2O2P/c1-4-23-38(36,37-6-3)24-11-21-34-22-20-27(28-12-7-9-14-31(28)34)18-16-26-17-19-33-30(25-26)29-13-8-10-15-32(29)35(33)5-2/h7-10,12-20,22,25H,4-6,11,21,23-24H2,1-3H3/q+1. The number of hydrogen-bond acceptors (Lipinski definition) is 2. The second-order valence-electron chi connectivity index (χ2n) is 9.89. The normalized spacial score (nSPS) is 13.7. The zero-order chi connectivity index (χ0) is 26.5. The molecule has 0 radical (unpaired) electrons. The van der Waals surface area contributed by atoms with Gasteiger partial charge in [0.1, 0.15) is 6.54 Å². The minimum atomic E-state index is -2.53. The fourth-order valence-corrected chi connectivity index (χ4v) is 7.91. The van der Waals surface area contributed by atoms with Crippen molar-refractivity contribution >= 4 is 52.2 Å². The van der Waals surface area contributed by atoms with Crippen LogP contribution in [0.25, 0.3) is 44.9 Å². The molecule has 1 atom stereocenters. The third-order valence-electron chi connectivity index (χ3n) is 7.35. The maximum absolute atomic E-state index is 13.1. The van der Waals surface area contributed by atoms with Gasteiger partial charge in [0.25, 0.3) is 0 Å². The first-order valence-corrected chi connectivity index (χ1v) is 15.9. The predicted octanol–water partition coefficient (Wildman–Crippen LogP) is 8.54. The molecule has 196 valence electrons. The molecule has 38 heavy (non-hydrogen) atoms. The van der Waals surface area contributed by atoms with Crippen LogP contribution in [0, 0.1) is 0 Å². The van der Waals surface area contributed by atoms with Gasteiger partial charge in [-0.25, -0.2) is 0 Å². The Hall–Kier alpha value is -3.20. The van der Waals surface area contributed by atoms with E-state index in [4.69, 9.17) is 4.52 Å². The number of hydrogen-bond donors (Lipinski definition) is 0. The molecule has 0 amide bonds. The van der Waals surface area contributed by atoms with E-state index in [-0.39, 0.29) is 0 Å². The van der Waals surface area contributed by atoms with Crippen molar-refractivity contribution in [3.8, 4) is 0 Å². The summed E-state index contributed by atoms with van der Waals surface area (Å²) in [5, 5.41) is 3.82. The minimum Gasteiger partial charge on any atom is -0.341 e. The van der Waals surface area contributed by atoms with Crippen molar-refractivity contribution in [1.29, 1.82) is 0 Å². The summed E-state index contributed by atoms with van der Waals surface area (Å²) in [4.78, 5) is 0. The van der Waals surface area contributed by atoms with Gasteiger partial charge < -0.3 is 9.09 Å². The summed E-state index contributed by atoms with van der Waals surface area (Å²) in [6, 6.07) is 26.2. The number of para-hydroxylation sites is 2. The summed E-state index contributed by atoms with van der Waals surface area (Å²) < 4.78 is 23.4. The van der Waals surface area contributed by atoms with Crippen molar-refractivity contribution in [3.05, 3.63) is 90.1 Å². The van der Waals surface area contributed by atoms with Gasteiger partial charge in [-0.05, 0) is 55.7 Å². The summed E-state index contributed by atoms with van der Waals surface area (Å²) in [5.41, 5.74) is 6.15. The number of aromatic nitrogens is 2. The second kappa shape index (κ2) is 11.7. The average Bonchev–Trinajstić information content (AvgIpc) is 3.25. The Balaban J connectivity index is 1.41. The number of rotatable bonds is 11. The molecule has 0 aliphatic rings. The molecule has 0 aliphatic carbocycles. The molecule has 0 bridgehead atoms. The van der Waals surface area contributed by atoms with Crippen molar-refractivity contribution in [2.24, 2.45) is 0 Å². The second-order valence-corrected chi connectivity index (χ2v) is 12.7. The third-order valence-corrected chi connectivity index (χ3v) is 10.2. The SMILES string of the molecule is CCCP(=O)(CCC[n+]1ccc(C=Cc2ccc3c(c2)c2ccccc2n3CC)c2ccccc21)OCC. The molecule has 5 rings (SSSR count). The van der Waals surface area contributed by atoms with E-state index in [1.807, 2.05) is 6.92 Å². The van der Waals surface area contributed by atoms with Crippen molar-refractivity contribution in [1.82, 2.24) is 4.57 Å². The Kier molecular flexibility index (Phi) is 8.12. The topological polar surface area (TPSA) is 35.1 Å². The quantitative estimate of drug-likeness (QED) is 0.128. The number of benzene rings is 3. The summed E-state index contributed by atoms with van der Waals surface area (Å²) in [7, 11) is -2.53. The highest BCUT2D eigenvalue weighted by atomic mass is 31.2. The van der Waals surface area contributed by atoms with Crippen LogP contribution < -0.4 is 4.57 Å². The van der Waals surface area contributed by atoms with Crippen molar-refractivity contribution in [3.63, 3.8) is 0 Å². The first-order chi connectivity index (χ1) is 18.6. The smallest absolute Gasteiger partial charge is 0.213 e. The van der Waals surface area contributed by atoms with Crippen molar-refractivity contribution in [2.75, 3.05) is 18.9 Å². The molecule has 3 aromatic carbocycles. The molecule has 5 aromatic rings. The van der Waals surface area contributed by atoms with Crippen molar-refractivity contribution in [2.45, 2.75) is 46.7 Å². The van der Waals surface area contributed by atoms with Gasteiger partial charge in [-0.1, -0.05) is 55.5 Å². The Labute approximate surface area is 226 Å². The van der Waals surface area contributed by atoms with E-state index in [0.717, 1.165) is 25.9 Å². The van der Waals surface area contributed by atoms with Gasteiger partial charge in [0.15, 0.2) is 6.20 Å². The van der Waals surface area contributed by atoms with Crippen LogP contribution in [-0.2, 0) is 22.2 Å². The van der Waals surface area contributed by atoms with Crippen LogP contribution in [0.1, 0.15) is 44.7 Å². The minimum absolute atomic E-state index is 0.516. The van der Waals surface area contributed by atoms with E-state index >= 15 is 0 Å². The van der Waals surface area contributed by atoms with E-state index in [2.05, 4.69) is 114 Å². The van der Waals surface area contributed by atoms with Crippen LogP contribution in [-0.4, -0.2) is 23.5 Å². The fraction of sp³-hybridized carbons (Fsp3) is 0.303. The number of nitrogens with zero attached hydrogens (tertiary/aromatic N) is 2. The Morgan fingerprint density at radius 2 is 1.61 bits per heavy atom. The lowest BCUT2D eigenvalue weighted by Crippen LogP contribution is -2.34. The molecular weight excluding hydrogens is 487 g/mol. The molecule has 4 nitrogen and oxygen atoms in total. The zero-order valence-corrected chi connectivity index (χ0v) is 23.7. The molecule has 5 heteroatoms. The zero-order valence-electron chi connectivity index (χ0n) is 22.8. The summed E-state index contributed by atoms with van der Waals surface area (Å²) in [6.45, 7) is 8.50. The molecule has 0 saturated carbocycles. The summed E-state index contributed by atoms with van der Waals surface area (Å²) in [5.74, 6) is 0. The average molecular weight is 526 g/mol. The highest BCUT2D eigenvalue weighted by molar-refractivity contribution is 7.58. The lowest BCUT2D eigenvalue weighted by atomic mass is 10.1. The van der Waals surface area contributed by atoms with Gasteiger partial charge >= 0.3 is 0 Å². The largest absolute Gasteiger partial charge is 0.341 e. The Morgan fingerprint density at radius 3 is 2.39 bits per heavy atom. The summed E-state index contributed by atoms with van der Waals surface area (Å²) in [6.07, 6.45) is 9.62. The molecular formula is C33H38N2O2P+. The van der Waals surface area contributed by atoms with E-state index in [1.165, 1.54) is 43.8 Å². The van der Waals surface area contributed by atoms with Gasteiger partial charge in [0.2, 0.25) is 12.9 Å². The lowest BCUT2D eigenvalue weighted by molar-refractivity contribution is -0.671. The van der Waals surface area contributed by atoms with Crippen LogP contribution in [0.3, 0.4) is 0 Å². The fourth-order valence-electron chi connectivity index (χ4n) is 5.65. The van der Waals surface area contributed by atoms with Gasteiger partial charge in [-0.3, -0.25) is 4.57 Å². The molecule has 0 N–H and O–H groups in total. The van der Waals surface area contributed by atoms with Crippen molar-refractivity contribution < 1.29 is 13.7 Å². The van der Waals surface area contributed by atoms with Crippen LogP contribution in [0.2, 0.25) is 0 Å². The van der Waals surface area contributed by atoms with Gasteiger partial charge in [0.05, 0.1) is 12.0 Å². The molecule has 2 heterocycles. The Bertz CT molecular complexity index is 1640. The third kappa shape index (κ3) is 5.34. The molecule has 0 fully saturated rings. The highest BCUT2D eigenvalue weighted by Crippen LogP contribution is 2.47. The van der Waals surface area contributed by atoms with E-state index < -0.39 is 7.37 Å². The molecule has 1 unspecified atom stereocenters. The molecule has 0 saturated heterocycles. The maximum atomic E-state index is 13.1. The van der Waals surface area contributed by atoms with Gasteiger partial charge in [-0.2, -0.15) is 4.57 Å². The number of fused-ring (bicyclic) bond motifs is 4. The van der Waals surface area contributed by atoms with Gasteiger partial charge in [0, 0.05) is 59.2 Å².